The van der Waals surface area contributed by atoms with Crippen LogP contribution in [0.1, 0.15) is 16.1 Å². The molecule has 7 nitrogen and oxygen atoms in total. The van der Waals surface area contributed by atoms with Crippen LogP contribution >= 0.6 is 23.8 Å². The summed E-state index contributed by atoms with van der Waals surface area (Å²) in [6.07, 6.45) is 1.17. The largest absolute Gasteiger partial charge is 0.545 e. The van der Waals surface area contributed by atoms with Gasteiger partial charge >= 0.3 is 0 Å². The standard InChI is InChI=1S/C22H12ClFN2O5S/c23-15-7-5-11(21(29)30)9-13(15)18-8-6-12(31-18)10-14-19(27)25-22(32)26(20(14)28)17-4-2-1-3-16(17)24/h1-10H,(H,29,30)(H,25,27,32)/p-1/b14-10+. The number of carboxylic acids is 1. The third-order valence-corrected chi connectivity index (χ3v) is 5.19. The van der Waals surface area contributed by atoms with Gasteiger partial charge in [0.15, 0.2) is 5.11 Å². The predicted octanol–water partition coefficient (Wildman–Crippen LogP) is 2.93. The van der Waals surface area contributed by atoms with Crippen molar-refractivity contribution in [2.24, 2.45) is 0 Å². The molecule has 0 aliphatic carbocycles. The summed E-state index contributed by atoms with van der Waals surface area (Å²) in [4.78, 5) is 37.3. The van der Waals surface area contributed by atoms with E-state index in [0.717, 1.165) is 11.0 Å². The van der Waals surface area contributed by atoms with Gasteiger partial charge in [0.1, 0.15) is 22.9 Å². The second-order valence-corrected chi connectivity index (χ2v) is 7.39. The van der Waals surface area contributed by atoms with Gasteiger partial charge in [0.25, 0.3) is 11.8 Å². The van der Waals surface area contributed by atoms with E-state index in [1.807, 2.05) is 0 Å². The molecule has 2 aromatic carbocycles. The number of aromatic carboxylic acids is 1. The summed E-state index contributed by atoms with van der Waals surface area (Å²) in [7, 11) is 0. The van der Waals surface area contributed by atoms with Crippen LogP contribution in [0, 0.1) is 5.82 Å². The first kappa shape index (κ1) is 21.4. The molecule has 0 bridgehead atoms. The molecule has 1 aromatic heterocycles. The number of thiocarbonyl (C=S) groups is 1. The summed E-state index contributed by atoms with van der Waals surface area (Å²) in [5.41, 5.74) is -0.264. The van der Waals surface area contributed by atoms with Crippen molar-refractivity contribution in [3.05, 3.63) is 82.3 Å². The molecule has 1 N–H and O–H groups in total. The number of furan rings is 1. The molecule has 3 aromatic rings. The molecule has 0 saturated carbocycles. The van der Waals surface area contributed by atoms with Crippen LogP contribution in [-0.4, -0.2) is 22.9 Å². The highest BCUT2D eigenvalue weighted by Crippen LogP contribution is 2.31. The molecule has 0 radical (unpaired) electrons. The van der Waals surface area contributed by atoms with Gasteiger partial charge in [-0.15, -0.1) is 0 Å². The minimum atomic E-state index is -1.38. The van der Waals surface area contributed by atoms with E-state index >= 15 is 0 Å². The molecular weight excluding hydrogens is 459 g/mol. The molecule has 0 atom stereocenters. The van der Waals surface area contributed by atoms with Crippen molar-refractivity contribution in [2.75, 3.05) is 4.90 Å². The van der Waals surface area contributed by atoms with Crippen LogP contribution in [0.2, 0.25) is 5.02 Å². The van der Waals surface area contributed by atoms with Gasteiger partial charge in [0.2, 0.25) is 0 Å². The molecule has 4 rings (SSSR count). The SMILES string of the molecule is O=C1NC(=S)N(c2ccccc2F)C(=O)/C1=C/c1ccc(-c2cc(C(=O)[O-])ccc2Cl)o1. The first-order valence-electron chi connectivity index (χ1n) is 9.03. The summed E-state index contributed by atoms with van der Waals surface area (Å²) < 4.78 is 19.9. The van der Waals surface area contributed by atoms with Crippen molar-refractivity contribution in [3.8, 4) is 11.3 Å². The highest BCUT2D eigenvalue weighted by Gasteiger charge is 2.35. The first-order chi connectivity index (χ1) is 15.3. The van der Waals surface area contributed by atoms with E-state index < -0.39 is 23.6 Å². The van der Waals surface area contributed by atoms with Gasteiger partial charge in [-0.25, -0.2) is 9.29 Å². The molecule has 0 spiro atoms. The zero-order chi connectivity index (χ0) is 23.0. The first-order valence-corrected chi connectivity index (χ1v) is 9.82. The van der Waals surface area contributed by atoms with Gasteiger partial charge in [-0.1, -0.05) is 29.8 Å². The van der Waals surface area contributed by atoms with Crippen molar-refractivity contribution in [2.45, 2.75) is 0 Å². The van der Waals surface area contributed by atoms with Gasteiger partial charge in [-0.2, -0.15) is 0 Å². The third kappa shape index (κ3) is 3.91. The molecule has 1 aliphatic heterocycles. The van der Waals surface area contributed by atoms with Gasteiger partial charge in [0, 0.05) is 5.56 Å². The lowest BCUT2D eigenvalue weighted by atomic mass is 10.1. The number of carboxylic acid groups (broad SMARTS) is 1. The Morgan fingerprint density at radius 1 is 1.16 bits per heavy atom. The Morgan fingerprint density at radius 2 is 1.91 bits per heavy atom. The second kappa shape index (κ2) is 8.37. The molecule has 0 unspecified atom stereocenters. The van der Waals surface area contributed by atoms with E-state index in [1.165, 1.54) is 54.6 Å². The minimum Gasteiger partial charge on any atom is -0.545 e. The number of anilines is 1. The smallest absolute Gasteiger partial charge is 0.270 e. The lowest BCUT2D eigenvalue weighted by molar-refractivity contribution is -0.255. The van der Waals surface area contributed by atoms with Crippen molar-refractivity contribution in [1.29, 1.82) is 0 Å². The summed E-state index contributed by atoms with van der Waals surface area (Å²) >= 11 is 11.2. The highest BCUT2D eigenvalue weighted by molar-refractivity contribution is 7.80. The van der Waals surface area contributed by atoms with Crippen LogP contribution in [0.3, 0.4) is 0 Å². The van der Waals surface area contributed by atoms with Gasteiger partial charge < -0.3 is 14.3 Å². The summed E-state index contributed by atoms with van der Waals surface area (Å²) in [6, 6.07) is 12.4. The van der Waals surface area contributed by atoms with Crippen molar-refractivity contribution in [3.63, 3.8) is 0 Å². The van der Waals surface area contributed by atoms with E-state index in [2.05, 4.69) is 5.32 Å². The van der Waals surface area contributed by atoms with E-state index in [9.17, 15) is 23.9 Å². The van der Waals surface area contributed by atoms with Crippen molar-refractivity contribution in [1.82, 2.24) is 5.32 Å². The normalized spacial score (nSPS) is 15.2. The van der Waals surface area contributed by atoms with Crippen LogP contribution in [-0.2, 0) is 9.59 Å². The number of rotatable bonds is 4. The lowest BCUT2D eigenvalue weighted by Crippen LogP contribution is -2.54. The quantitative estimate of drug-likeness (QED) is 0.358. The number of para-hydroxylation sites is 1. The van der Waals surface area contributed by atoms with Gasteiger partial charge in [0.05, 0.1) is 16.7 Å². The van der Waals surface area contributed by atoms with Gasteiger partial charge in [-0.05, 0) is 60.3 Å². The Labute approximate surface area is 190 Å². The molecule has 32 heavy (non-hydrogen) atoms. The van der Waals surface area contributed by atoms with E-state index in [0.29, 0.717) is 0 Å². The number of nitrogens with zero attached hydrogens (tertiary/aromatic N) is 1. The number of carbonyl (C=O) groups excluding carboxylic acids is 3. The number of amides is 2. The Bertz CT molecular complexity index is 1330. The maximum atomic E-state index is 14.2. The fraction of sp³-hybridized carbons (Fsp3) is 0. The number of carbonyl (C=O) groups is 3. The molecule has 1 aliphatic rings. The van der Waals surface area contributed by atoms with Crippen LogP contribution in [0.25, 0.3) is 17.4 Å². The highest BCUT2D eigenvalue weighted by atomic mass is 35.5. The van der Waals surface area contributed by atoms with E-state index in [4.69, 9.17) is 28.2 Å². The summed E-state index contributed by atoms with van der Waals surface area (Å²) in [6.45, 7) is 0. The fourth-order valence-corrected chi connectivity index (χ4v) is 3.55. The second-order valence-electron chi connectivity index (χ2n) is 6.59. The fourth-order valence-electron chi connectivity index (χ4n) is 3.07. The maximum absolute atomic E-state index is 14.2. The molecule has 10 heteroatoms. The zero-order valence-corrected chi connectivity index (χ0v) is 17.5. The Balaban J connectivity index is 1.71. The van der Waals surface area contributed by atoms with Crippen molar-refractivity contribution < 1.29 is 28.3 Å². The maximum Gasteiger partial charge on any atom is 0.270 e. The molecular formula is C22H11ClFN2O5S-. The molecule has 1 fully saturated rings. The number of hydrogen-bond donors (Lipinski definition) is 1. The number of nitrogens with one attached hydrogen (secondary N) is 1. The van der Waals surface area contributed by atoms with Crippen LogP contribution in [0.4, 0.5) is 10.1 Å². The topological polar surface area (TPSA) is 103 Å². The predicted molar refractivity (Wildman–Crippen MR) is 116 cm³/mol. The van der Waals surface area contributed by atoms with Crippen LogP contribution in [0.15, 0.2) is 64.6 Å². The Hall–Kier alpha value is -3.82. The average molecular weight is 470 g/mol. The minimum absolute atomic E-state index is 0.100. The molecule has 2 heterocycles. The van der Waals surface area contributed by atoms with E-state index in [-0.39, 0.29) is 44.0 Å². The third-order valence-electron chi connectivity index (χ3n) is 4.58. The zero-order valence-electron chi connectivity index (χ0n) is 15.9. The van der Waals surface area contributed by atoms with Crippen LogP contribution < -0.4 is 15.3 Å². The van der Waals surface area contributed by atoms with Gasteiger partial charge in [-0.3, -0.25) is 14.9 Å². The number of hydrogen-bond acceptors (Lipinski definition) is 6. The monoisotopic (exact) mass is 469 g/mol. The number of halogens is 2. The summed E-state index contributed by atoms with van der Waals surface area (Å²) in [5, 5.41) is 13.4. The number of benzene rings is 2. The molecule has 1 saturated heterocycles. The van der Waals surface area contributed by atoms with Crippen molar-refractivity contribution >= 4 is 58.5 Å². The van der Waals surface area contributed by atoms with Crippen LogP contribution in [0.5, 0.6) is 0 Å². The molecule has 160 valence electrons. The summed E-state index contributed by atoms with van der Waals surface area (Å²) in [5.74, 6) is -3.38. The Morgan fingerprint density at radius 3 is 2.62 bits per heavy atom. The molecule has 2 amide bonds. The average Bonchev–Trinajstić information content (AvgIpc) is 3.21. The Kier molecular flexibility index (Phi) is 5.60. The lowest BCUT2D eigenvalue weighted by Gasteiger charge is -2.28. The van der Waals surface area contributed by atoms with E-state index in [1.54, 1.807) is 0 Å².